The van der Waals surface area contributed by atoms with Crippen LogP contribution in [0.2, 0.25) is 0 Å². The number of aryl methyl sites for hydroxylation is 1. The molecule has 0 saturated carbocycles. The third kappa shape index (κ3) is 3.03. The summed E-state index contributed by atoms with van der Waals surface area (Å²) in [6.07, 6.45) is -3.11. The second-order valence-electron chi connectivity index (χ2n) is 7.39. The van der Waals surface area contributed by atoms with Crippen molar-refractivity contribution in [3.8, 4) is 17.6 Å². The Kier molecular flexibility index (Phi) is 4.13. The lowest BCUT2D eigenvalue weighted by molar-refractivity contribution is -0.138. The van der Waals surface area contributed by atoms with Gasteiger partial charge >= 0.3 is 6.18 Å². The Morgan fingerprint density at radius 1 is 1.13 bits per heavy atom. The maximum absolute atomic E-state index is 13.6. The Hall–Kier alpha value is -3.60. The van der Waals surface area contributed by atoms with E-state index >= 15 is 0 Å². The van der Waals surface area contributed by atoms with Crippen LogP contribution in [0.5, 0.6) is 0 Å². The molecule has 0 radical (unpaired) electrons. The molecular formula is C22H16F3N5. The monoisotopic (exact) mass is 407 g/mol. The van der Waals surface area contributed by atoms with E-state index in [1.165, 1.54) is 12.1 Å². The zero-order valence-electron chi connectivity index (χ0n) is 15.7. The molecule has 0 amide bonds. The van der Waals surface area contributed by atoms with Crippen molar-refractivity contribution >= 4 is 10.9 Å². The van der Waals surface area contributed by atoms with Crippen LogP contribution in [-0.4, -0.2) is 19.7 Å². The van der Waals surface area contributed by atoms with Gasteiger partial charge in [0.2, 0.25) is 0 Å². The topological polar surface area (TPSA) is 70.3 Å². The van der Waals surface area contributed by atoms with Gasteiger partial charge in [-0.1, -0.05) is 18.2 Å². The fraction of sp³-hybridized carbons (Fsp3) is 0.227. The molecule has 1 atom stereocenters. The zero-order valence-corrected chi connectivity index (χ0v) is 15.7. The number of fused-ring (bicyclic) bond motifs is 2. The third-order valence-electron chi connectivity index (χ3n) is 5.51. The molecule has 0 aliphatic carbocycles. The molecule has 3 heterocycles. The number of hydrogen-bond donors (Lipinski definition) is 1. The number of alkyl halides is 3. The highest BCUT2D eigenvalue weighted by atomic mass is 19.4. The van der Waals surface area contributed by atoms with E-state index in [2.05, 4.69) is 21.1 Å². The van der Waals surface area contributed by atoms with Crippen molar-refractivity contribution in [1.29, 1.82) is 5.26 Å². The number of hydrogen-bond acceptors (Lipinski definition) is 3. The van der Waals surface area contributed by atoms with Gasteiger partial charge in [0.25, 0.3) is 0 Å². The fourth-order valence-electron chi connectivity index (χ4n) is 4.14. The molecule has 0 bridgehead atoms. The molecule has 0 spiro atoms. The van der Waals surface area contributed by atoms with Crippen molar-refractivity contribution in [3.05, 3.63) is 71.0 Å². The van der Waals surface area contributed by atoms with Crippen molar-refractivity contribution in [3.63, 3.8) is 0 Å². The summed E-state index contributed by atoms with van der Waals surface area (Å²) in [6.45, 7) is 0.617. The van der Waals surface area contributed by atoms with Gasteiger partial charge in [-0.05, 0) is 48.7 Å². The molecule has 1 aliphatic rings. The van der Waals surface area contributed by atoms with Crippen LogP contribution in [0.25, 0.3) is 22.4 Å². The quantitative estimate of drug-likeness (QED) is 0.494. The number of aromatic nitrogens is 4. The molecule has 0 fully saturated rings. The molecule has 8 heteroatoms. The van der Waals surface area contributed by atoms with Crippen molar-refractivity contribution in [2.24, 2.45) is 0 Å². The van der Waals surface area contributed by atoms with E-state index in [0.29, 0.717) is 35.9 Å². The van der Waals surface area contributed by atoms with Crippen LogP contribution in [0.4, 0.5) is 13.2 Å². The second-order valence-corrected chi connectivity index (χ2v) is 7.39. The summed E-state index contributed by atoms with van der Waals surface area (Å²) in [6, 6.07) is 15.0. The van der Waals surface area contributed by atoms with E-state index in [1.54, 1.807) is 22.9 Å². The van der Waals surface area contributed by atoms with E-state index in [1.807, 2.05) is 12.1 Å². The molecule has 4 aromatic rings. The fourth-order valence-corrected chi connectivity index (χ4v) is 4.14. The first-order valence-electron chi connectivity index (χ1n) is 9.58. The average molecular weight is 407 g/mol. The van der Waals surface area contributed by atoms with Gasteiger partial charge in [-0.2, -0.15) is 18.4 Å². The molecule has 2 aromatic heterocycles. The first-order chi connectivity index (χ1) is 14.4. The van der Waals surface area contributed by atoms with Crippen molar-refractivity contribution in [1.82, 2.24) is 19.7 Å². The highest BCUT2D eigenvalue weighted by molar-refractivity contribution is 5.85. The van der Waals surface area contributed by atoms with Gasteiger partial charge in [-0.25, -0.2) is 9.67 Å². The Bertz CT molecular complexity index is 1290. The van der Waals surface area contributed by atoms with Gasteiger partial charge in [0, 0.05) is 23.4 Å². The number of nitrogens with zero attached hydrogens (tertiary/aromatic N) is 4. The minimum atomic E-state index is -4.42. The number of benzene rings is 2. The summed E-state index contributed by atoms with van der Waals surface area (Å²) < 4.78 is 42.4. The van der Waals surface area contributed by atoms with Crippen molar-refractivity contribution < 1.29 is 13.2 Å². The average Bonchev–Trinajstić information content (AvgIpc) is 3.36. The molecular weight excluding hydrogens is 391 g/mol. The number of aromatic amines is 1. The van der Waals surface area contributed by atoms with Crippen LogP contribution in [0.1, 0.15) is 41.3 Å². The Morgan fingerprint density at radius 3 is 2.77 bits per heavy atom. The minimum Gasteiger partial charge on any atom is -0.352 e. The van der Waals surface area contributed by atoms with Crippen molar-refractivity contribution in [2.45, 2.75) is 31.5 Å². The SMILES string of the molecule is N#Cc1ccc2[nH]c(-c3nc4n(n3)CCCC4c3ccccc3C(F)(F)F)cc2c1. The first-order valence-corrected chi connectivity index (χ1v) is 9.58. The highest BCUT2D eigenvalue weighted by Crippen LogP contribution is 2.40. The Morgan fingerprint density at radius 2 is 1.97 bits per heavy atom. The molecule has 5 nitrogen and oxygen atoms in total. The summed E-state index contributed by atoms with van der Waals surface area (Å²) in [4.78, 5) is 7.86. The Balaban J connectivity index is 1.59. The van der Waals surface area contributed by atoms with Crippen LogP contribution in [0.15, 0.2) is 48.5 Å². The predicted molar refractivity (Wildman–Crippen MR) is 105 cm³/mol. The molecule has 5 rings (SSSR count). The van der Waals surface area contributed by atoms with Gasteiger partial charge in [-0.15, -0.1) is 5.10 Å². The summed E-state index contributed by atoms with van der Waals surface area (Å²) >= 11 is 0. The number of halogens is 3. The number of nitrogens with one attached hydrogen (secondary N) is 1. The standard InChI is InChI=1S/C22H16F3N5/c23-22(24,25)17-6-2-1-4-15(17)16-5-3-9-30-21(16)28-20(29-30)19-11-14-10-13(12-26)7-8-18(14)27-19/h1-2,4,6-8,10-11,16,27H,3,5,9H2. The second kappa shape index (κ2) is 6.73. The van der Waals surface area contributed by atoms with Crippen LogP contribution in [-0.2, 0) is 12.7 Å². The number of H-pyrrole nitrogens is 1. The molecule has 150 valence electrons. The summed E-state index contributed by atoms with van der Waals surface area (Å²) in [5.41, 5.74) is 1.68. The first kappa shape index (κ1) is 18.4. The number of rotatable bonds is 2. The van der Waals surface area contributed by atoms with Crippen LogP contribution in [0, 0.1) is 11.3 Å². The lowest BCUT2D eigenvalue weighted by Crippen LogP contribution is -2.21. The molecule has 2 aromatic carbocycles. The minimum absolute atomic E-state index is 0.236. The van der Waals surface area contributed by atoms with Gasteiger partial charge in [0.05, 0.1) is 22.9 Å². The number of nitriles is 1. The summed E-state index contributed by atoms with van der Waals surface area (Å²) in [5.74, 6) is 0.521. The summed E-state index contributed by atoms with van der Waals surface area (Å²) in [7, 11) is 0. The van der Waals surface area contributed by atoms with Gasteiger partial charge in [0.15, 0.2) is 5.82 Å². The molecule has 1 aliphatic heterocycles. The van der Waals surface area contributed by atoms with E-state index in [4.69, 9.17) is 5.26 Å². The normalized spacial score (nSPS) is 16.4. The smallest absolute Gasteiger partial charge is 0.352 e. The predicted octanol–water partition coefficient (Wildman–Crippen LogP) is 5.24. The van der Waals surface area contributed by atoms with E-state index in [9.17, 15) is 13.2 Å². The molecule has 0 saturated heterocycles. The van der Waals surface area contributed by atoms with E-state index < -0.39 is 17.7 Å². The van der Waals surface area contributed by atoms with Crippen LogP contribution < -0.4 is 0 Å². The molecule has 1 unspecified atom stereocenters. The van der Waals surface area contributed by atoms with Crippen molar-refractivity contribution in [2.75, 3.05) is 0 Å². The lowest BCUT2D eigenvalue weighted by atomic mass is 9.88. The largest absolute Gasteiger partial charge is 0.416 e. The van der Waals surface area contributed by atoms with E-state index in [-0.39, 0.29) is 5.56 Å². The van der Waals surface area contributed by atoms with Crippen LogP contribution in [0.3, 0.4) is 0 Å². The maximum Gasteiger partial charge on any atom is 0.416 e. The zero-order chi connectivity index (χ0) is 20.9. The highest BCUT2D eigenvalue weighted by Gasteiger charge is 2.37. The van der Waals surface area contributed by atoms with Crippen LogP contribution >= 0.6 is 0 Å². The Labute approximate surface area is 169 Å². The lowest BCUT2D eigenvalue weighted by Gasteiger charge is -2.25. The van der Waals surface area contributed by atoms with Gasteiger partial charge in [0.1, 0.15) is 5.82 Å². The third-order valence-corrected chi connectivity index (χ3v) is 5.51. The molecule has 1 N–H and O–H groups in total. The maximum atomic E-state index is 13.6. The summed E-state index contributed by atoms with van der Waals surface area (Å²) in [5, 5.41) is 14.5. The van der Waals surface area contributed by atoms with E-state index in [0.717, 1.165) is 23.4 Å². The van der Waals surface area contributed by atoms with Gasteiger partial charge in [-0.3, -0.25) is 0 Å². The van der Waals surface area contributed by atoms with Gasteiger partial charge < -0.3 is 4.98 Å². The molecule has 30 heavy (non-hydrogen) atoms.